The fourth-order valence-electron chi connectivity index (χ4n) is 3.43. The molecule has 0 aliphatic heterocycles. The SMILES string of the molecule is CNC1C(N(CC(F)(F)F)C2CC2)CCC1(C)C. The Labute approximate surface area is 107 Å². The molecule has 0 aromatic carbocycles. The van der Waals surface area contributed by atoms with Gasteiger partial charge in [-0.05, 0) is 38.1 Å². The van der Waals surface area contributed by atoms with Crippen molar-refractivity contribution in [3.8, 4) is 0 Å². The third kappa shape index (κ3) is 2.99. The van der Waals surface area contributed by atoms with Crippen molar-refractivity contribution in [1.82, 2.24) is 10.2 Å². The van der Waals surface area contributed by atoms with Crippen LogP contribution in [0.1, 0.15) is 39.5 Å². The Balaban J connectivity index is 2.11. The maximum Gasteiger partial charge on any atom is 0.401 e. The topological polar surface area (TPSA) is 15.3 Å². The summed E-state index contributed by atoms with van der Waals surface area (Å²) in [5, 5.41) is 3.24. The van der Waals surface area contributed by atoms with Crippen LogP contribution in [-0.4, -0.2) is 42.8 Å². The third-order valence-electron chi connectivity index (χ3n) is 4.43. The van der Waals surface area contributed by atoms with Crippen molar-refractivity contribution in [2.75, 3.05) is 13.6 Å². The Kier molecular flexibility index (Phi) is 3.67. The Morgan fingerprint density at radius 1 is 1.22 bits per heavy atom. The Morgan fingerprint density at radius 3 is 2.28 bits per heavy atom. The predicted molar refractivity (Wildman–Crippen MR) is 65.4 cm³/mol. The van der Waals surface area contributed by atoms with Crippen molar-refractivity contribution >= 4 is 0 Å². The lowest BCUT2D eigenvalue weighted by atomic mass is 9.86. The first-order valence-electron chi connectivity index (χ1n) is 6.74. The summed E-state index contributed by atoms with van der Waals surface area (Å²) in [4.78, 5) is 1.70. The maximum atomic E-state index is 12.7. The van der Waals surface area contributed by atoms with Gasteiger partial charge in [0, 0.05) is 18.1 Å². The average molecular weight is 264 g/mol. The van der Waals surface area contributed by atoms with Crippen LogP contribution in [0, 0.1) is 5.41 Å². The molecule has 106 valence electrons. The molecule has 2 nitrogen and oxygen atoms in total. The lowest BCUT2D eigenvalue weighted by Crippen LogP contribution is -2.53. The minimum absolute atomic E-state index is 0.0270. The van der Waals surface area contributed by atoms with Crippen LogP contribution < -0.4 is 5.32 Å². The molecule has 18 heavy (non-hydrogen) atoms. The summed E-state index contributed by atoms with van der Waals surface area (Å²) in [6.07, 6.45) is -0.393. The number of halogens is 3. The van der Waals surface area contributed by atoms with Gasteiger partial charge in [-0.3, -0.25) is 4.90 Å². The maximum absolute atomic E-state index is 12.7. The average Bonchev–Trinajstić information content (AvgIpc) is 2.99. The molecular weight excluding hydrogens is 241 g/mol. The first-order valence-corrected chi connectivity index (χ1v) is 6.74. The summed E-state index contributed by atoms with van der Waals surface area (Å²) in [5.41, 5.74) is 0.0815. The molecule has 2 atom stereocenters. The standard InChI is InChI=1S/C13H23F3N2/c1-12(2)7-6-10(11(12)17-3)18(9-4-5-9)8-13(14,15)16/h9-11,17H,4-8H2,1-3H3. The van der Waals surface area contributed by atoms with E-state index in [1.54, 1.807) is 4.90 Å². The molecule has 0 spiro atoms. The smallest absolute Gasteiger partial charge is 0.315 e. The minimum Gasteiger partial charge on any atom is -0.315 e. The molecule has 1 N–H and O–H groups in total. The largest absolute Gasteiger partial charge is 0.401 e. The highest BCUT2D eigenvalue weighted by Gasteiger charge is 2.49. The third-order valence-corrected chi connectivity index (χ3v) is 4.43. The van der Waals surface area contributed by atoms with Crippen LogP contribution in [0.25, 0.3) is 0 Å². The van der Waals surface area contributed by atoms with Gasteiger partial charge in [0.2, 0.25) is 0 Å². The zero-order chi connectivity index (χ0) is 13.6. The molecule has 2 aliphatic carbocycles. The second-order valence-electron chi connectivity index (χ2n) is 6.38. The fourth-order valence-corrected chi connectivity index (χ4v) is 3.43. The Morgan fingerprint density at radius 2 is 1.83 bits per heavy atom. The lowest BCUT2D eigenvalue weighted by Gasteiger charge is -2.37. The van der Waals surface area contributed by atoms with Gasteiger partial charge >= 0.3 is 6.18 Å². The lowest BCUT2D eigenvalue weighted by molar-refractivity contribution is -0.153. The van der Waals surface area contributed by atoms with Gasteiger partial charge in [0.15, 0.2) is 0 Å². The molecule has 2 unspecified atom stereocenters. The van der Waals surface area contributed by atoms with Crippen molar-refractivity contribution < 1.29 is 13.2 Å². The van der Waals surface area contributed by atoms with Gasteiger partial charge in [-0.25, -0.2) is 0 Å². The molecule has 2 fully saturated rings. The quantitative estimate of drug-likeness (QED) is 0.840. The Hall–Kier alpha value is -0.290. The summed E-state index contributed by atoms with van der Waals surface area (Å²) < 4.78 is 38.1. The number of nitrogens with zero attached hydrogens (tertiary/aromatic N) is 1. The number of likely N-dealkylation sites (N-methyl/N-ethyl adjacent to an activating group) is 1. The number of alkyl halides is 3. The summed E-state index contributed by atoms with van der Waals surface area (Å²) in [6.45, 7) is 3.54. The molecule has 2 saturated carbocycles. The second-order valence-corrected chi connectivity index (χ2v) is 6.38. The predicted octanol–water partition coefficient (Wildman–Crippen LogP) is 2.79. The van der Waals surface area contributed by atoms with E-state index in [-0.39, 0.29) is 23.5 Å². The van der Waals surface area contributed by atoms with Gasteiger partial charge in [0.1, 0.15) is 0 Å². The summed E-state index contributed by atoms with van der Waals surface area (Å²) in [5.74, 6) is 0. The molecule has 2 aliphatic rings. The highest BCUT2D eigenvalue weighted by atomic mass is 19.4. The minimum atomic E-state index is -4.09. The van der Waals surface area contributed by atoms with E-state index in [2.05, 4.69) is 19.2 Å². The highest BCUT2D eigenvalue weighted by Crippen LogP contribution is 2.43. The Bertz CT molecular complexity index is 297. The molecule has 0 saturated heterocycles. The number of nitrogens with one attached hydrogen (secondary N) is 1. The van der Waals surface area contributed by atoms with E-state index >= 15 is 0 Å². The van der Waals surface area contributed by atoms with Crippen molar-refractivity contribution in [3.05, 3.63) is 0 Å². The van der Waals surface area contributed by atoms with Crippen molar-refractivity contribution in [1.29, 1.82) is 0 Å². The number of rotatable bonds is 4. The van der Waals surface area contributed by atoms with Crippen LogP contribution in [0.2, 0.25) is 0 Å². The van der Waals surface area contributed by atoms with Crippen LogP contribution in [0.3, 0.4) is 0 Å². The van der Waals surface area contributed by atoms with Crippen LogP contribution in [-0.2, 0) is 0 Å². The van der Waals surface area contributed by atoms with E-state index in [9.17, 15) is 13.2 Å². The van der Waals surface area contributed by atoms with Crippen LogP contribution in [0.4, 0.5) is 13.2 Å². The van der Waals surface area contributed by atoms with Crippen molar-refractivity contribution in [3.63, 3.8) is 0 Å². The van der Waals surface area contributed by atoms with E-state index in [0.29, 0.717) is 0 Å². The van der Waals surface area contributed by atoms with Crippen molar-refractivity contribution in [2.45, 2.75) is 63.8 Å². The van der Waals surface area contributed by atoms with Gasteiger partial charge in [-0.2, -0.15) is 13.2 Å². The fraction of sp³-hybridized carbons (Fsp3) is 1.00. The van der Waals surface area contributed by atoms with E-state index in [0.717, 1.165) is 25.7 Å². The summed E-state index contributed by atoms with van der Waals surface area (Å²) in [7, 11) is 1.86. The summed E-state index contributed by atoms with van der Waals surface area (Å²) >= 11 is 0. The highest BCUT2D eigenvalue weighted by molar-refractivity contribution is 5.04. The number of hydrogen-bond donors (Lipinski definition) is 1. The normalized spacial score (nSPS) is 32.2. The van der Waals surface area contributed by atoms with E-state index in [1.807, 2.05) is 7.05 Å². The van der Waals surface area contributed by atoms with E-state index in [4.69, 9.17) is 0 Å². The molecule has 2 rings (SSSR count). The molecule has 0 radical (unpaired) electrons. The zero-order valence-electron chi connectivity index (χ0n) is 11.3. The second kappa shape index (κ2) is 4.67. The van der Waals surface area contributed by atoms with Crippen LogP contribution >= 0.6 is 0 Å². The molecular formula is C13H23F3N2. The first kappa shape index (κ1) is 14.1. The van der Waals surface area contributed by atoms with Gasteiger partial charge in [0.25, 0.3) is 0 Å². The first-order chi connectivity index (χ1) is 8.24. The molecule has 0 amide bonds. The van der Waals surface area contributed by atoms with Gasteiger partial charge < -0.3 is 5.32 Å². The van der Waals surface area contributed by atoms with Crippen LogP contribution in [0.15, 0.2) is 0 Å². The molecule has 0 bridgehead atoms. The molecule has 0 aromatic rings. The molecule has 0 heterocycles. The van der Waals surface area contributed by atoms with Crippen LogP contribution in [0.5, 0.6) is 0 Å². The molecule has 5 heteroatoms. The number of hydrogen-bond acceptors (Lipinski definition) is 2. The monoisotopic (exact) mass is 264 g/mol. The summed E-state index contributed by atoms with van der Waals surface area (Å²) in [6, 6.07) is 0.334. The van der Waals surface area contributed by atoms with E-state index < -0.39 is 12.7 Å². The molecule has 0 aromatic heterocycles. The zero-order valence-corrected chi connectivity index (χ0v) is 11.3. The van der Waals surface area contributed by atoms with Gasteiger partial charge in [-0.1, -0.05) is 13.8 Å². The van der Waals surface area contributed by atoms with E-state index in [1.165, 1.54) is 0 Å². The van der Waals surface area contributed by atoms with Crippen molar-refractivity contribution in [2.24, 2.45) is 5.41 Å². The van der Waals surface area contributed by atoms with Gasteiger partial charge in [0.05, 0.1) is 6.54 Å². The van der Waals surface area contributed by atoms with Gasteiger partial charge in [-0.15, -0.1) is 0 Å².